The van der Waals surface area contributed by atoms with Crippen LogP contribution in [0.5, 0.6) is 0 Å². The first-order chi connectivity index (χ1) is 6.38. The molecule has 1 saturated carbocycles. The van der Waals surface area contributed by atoms with Gasteiger partial charge in [0.2, 0.25) is 0 Å². The Morgan fingerprint density at radius 3 is 2.69 bits per heavy atom. The molecule has 1 fully saturated rings. The molecule has 1 unspecified atom stereocenters. The van der Waals surface area contributed by atoms with Crippen molar-refractivity contribution in [2.24, 2.45) is 5.92 Å². The van der Waals surface area contributed by atoms with Crippen molar-refractivity contribution in [2.75, 3.05) is 0 Å². The third-order valence-electron chi connectivity index (χ3n) is 3.35. The Bertz CT molecular complexity index is 232. The lowest BCUT2D eigenvalue weighted by Gasteiger charge is -2.26. The van der Waals surface area contributed by atoms with E-state index >= 15 is 0 Å². The van der Waals surface area contributed by atoms with Crippen LogP contribution >= 0.6 is 11.3 Å². The summed E-state index contributed by atoms with van der Waals surface area (Å²) in [5, 5.41) is 2.20. The average Bonchev–Trinajstić information content (AvgIpc) is 2.71. The van der Waals surface area contributed by atoms with Gasteiger partial charge in [-0.3, -0.25) is 0 Å². The summed E-state index contributed by atoms with van der Waals surface area (Å²) in [7, 11) is 0. The van der Waals surface area contributed by atoms with Crippen LogP contribution in [0.3, 0.4) is 0 Å². The SMILES string of the molecule is CC(c1cccs1)C1CCCCC1. The Balaban J connectivity index is 1.99. The molecule has 72 valence electrons. The summed E-state index contributed by atoms with van der Waals surface area (Å²) in [6.45, 7) is 2.40. The van der Waals surface area contributed by atoms with Gasteiger partial charge in [0.15, 0.2) is 0 Å². The lowest BCUT2D eigenvalue weighted by atomic mass is 9.80. The monoisotopic (exact) mass is 194 g/mol. The van der Waals surface area contributed by atoms with E-state index in [1.807, 2.05) is 11.3 Å². The maximum absolute atomic E-state index is 2.40. The van der Waals surface area contributed by atoms with E-state index in [0.29, 0.717) is 0 Å². The van der Waals surface area contributed by atoms with Gasteiger partial charge in [0.05, 0.1) is 0 Å². The van der Waals surface area contributed by atoms with Gasteiger partial charge in [-0.25, -0.2) is 0 Å². The zero-order chi connectivity index (χ0) is 9.10. The first-order valence-corrected chi connectivity index (χ1v) is 6.29. The summed E-state index contributed by atoms with van der Waals surface area (Å²) in [5.41, 5.74) is 0. The summed E-state index contributed by atoms with van der Waals surface area (Å²) in [6, 6.07) is 4.48. The third-order valence-corrected chi connectivity index (χ3v) is 4.42. The maximum Gasteiger partial charge on any atom is 0.00761 e. The zero-order valence-corrected chi connectivity index (χ0v) is 9.15. The highest BCUT2D eigenvalue weighted by Gasteiger charge is 2.21. The van der Waals surface area contributed by atoms with Gasteiger partial charge in [0, 0.05) is 4.88 Å². The molecule has 1 heteroatoms. The van der Waals surface area contributed by atoms with Crippen LogP contribution in [0.2, 0.25) is 0 Å². The molecule has 2 rings (SSSR count). The Morgan fingerprint density at radius 1 is 1.31 bits per heavy atom. The van der Waals surface area contributed by atoms with Crippen LogP contribution in [0.4, 0.5) is 0 Å². The molecular formula is C12H18S. The molecule has 1 aliphatic carbocycles. The summed E-state index contributed by atoms with van der Waals surface area (Å²) in [4.78, 5) is 1.59. The largest absolute Gasteiger partial charge is 0.149 e. The second-order valence-corrected chi connectivity index (χ2v) is 5.18. The number of hydrogen-bond acceptors (Lipinski definition) is 1. The second-order valence-electron chi connectivity index (χ2n) is 4.20. The predicted molar refractivity (Wildman–Crippen MR) is 59.3 cm³/mol. The van der Waals surface area contributed by atoms with Crippen molar-refractivity contribution >= 4 is 11.3 Å². The molecule has 1 aliphatic rings. The van der Waals surface area contributed by atoms with E-state index in [1.54, 1.807) is 4.88 Å². The third kappa shape index (κ3) is 2.14. The Kier molecular flexibility index (Phi) is 3.05. The van der Waals surface area contributed by atoms with Crippen LogP contribution in [-0.2, 0) is 0 Å². The molecule has 1 aromatic heterocycles. The van der Waals surface area contributed by atoms with Gasteiger partial charge in [0.1, 0.15) is 0 Å². The Morgan fingerprint density at radius 2 is 2.08 bits per heavy atom. The van der Waals surface area contributed by atoms with E-state index in [4.69, 9.17) is 0 Å². The molecule has 0 bridgehead atoms. The smallest absolute Gasteiger partial charge is 0.00761 e. The van der Waals surface area contributed by atoms with Gasteiger partial charge in [-0.05, 0) is 36.1 Å². The van der Waals surface area contributed by atoms with Crippen LogP contribution in [0.1, 0.15) is 49.8 Å². The molecule has 0 aliphatic heterocycles. The molecule has 0 spiro atoms. The van der Waals surface area contributed by atoms with Gasteiger partial charge in [-0.1, -0.05) is 32.3 Å². The van der Waals surface area contributed by atoms with Crippen molar-refractivity contribution < 1.29 is 0 Å². The molecule has 0 amide bonds. The van der Waals surface area contributed by atoms with Crippen molar-refractivity contribution in [2.45, 2.75) is 44.9 Å². The fraction of sp³-hybridized carbons (Fsp3) is 0.667. The molecule has 0 saturated heterocycles. The van der Waals surface area contributed by atoms with Gasteiger partial charge >= 0.3 is 0 Å². The highest BCUT2D eigenvalue weighted by Crippen LogP contribution is 2.37. The van der Waals surface area contributed by atoms with E-state index in [1.165, 1.54) is 32.1 Å². The lowest BCUT2D eigenvalue weighted by Crippen LogP contribution is -2.12. The normalized spacial score (nSPS) is 21.6. The van der Waals surface area contributed by atoms with Gasteiger partial charge in [0.25, 0.3) is 0 Å². The molecule has 0 radical (unpaired) electrons. The molecule has 0 N–H and O–H groups in total. The van der Waals surface area contributed by atoms with Crippen molar-refractivity contribution in [3.05, 3.63) is 22.4 Å². The summed E-state index contributed by atoms with van der Waals surface area (Å²) < 4.78 is 0. The topological polar surface area (TPSA) is 0 Å². The lowest BCUT2D eigenvalue weighted by molar-refractivity contribution is 0.318. The first-order valence-electron chi connectivity index (χ1n) is 5.41. The molecule has 0 nitrogen and oxygen atoms in total. The van der Waals surface area contributed by atoms with Crippen molar-refractivity contribution in [3.8, 4) is 0 Å². The molecule has 1 atom stereocenters. The fourth-order valence-corrected chi connectivity index (χ4v) is 3.30. The average molecular weight is 194 g/mol. The minimum atomic E-state index is 0.806. The van der Waals surface area contributed by atoms with E-state index in [-0.39, 0.29) is 0 Å². The quantitative estimate of drug-likeness (QED) is 0.653. The second kappa shape index (κ2) is 4.28. The molecule has 0 aromatic carbocycles. The molecule has 13 heavy (non-hydrogen) atoms. The first kappa shape index (κ1) is 9.26. The molecule has 1 aromatic rings. The predicted octanol–water partition coefficient (Wildman–Crippen LogP) is 4.43. The van der Waals surface area contributed by atoms with E-state index < -0.39 is 0 Å². The maximum atomic E-state index is 2.40. The minimum absolute atomic E-state index is 0.806. The highest BCUT2D eigenvalue weighted by atomic mass is 32.1. The summed E-state index contributed by atoms with van der Waals surface area (Å²) in [5.74, 6) is 1.77. The summed E-state index contributed by atoms with van der Waals surface area (Å²) in [6.07, 6.45) is 7.30. The standard InChI is InChI=1S/C12H18S/c1-10(12-8-5-9-13-12)11-6-3-2-4-7-11/h5,8-11H,2-4,6-7H2,1H3. The van der Waals surface area contributed by atoms with Crippen LogP contribution in [0.25, 0.3) is 0 Å². The Hall–Kier alpha value is -0.300. The van der Waals surface area contributed by atoms with Gasteiger partial charge < -0.3 is 0 Å². The number of rotatable bonds is 2. The zero-order valence-electron chi connectivity index (χ0n) is 8.33. The summed E-state index contributed by atoms with van der Waals surface area (Å²) >= 11 is 1.92. The molecule has 1 heterocycles. The number of thiophene rings is 1. The number of hydrogen-bond donors (Lipinski definition) is 0. The van der Waals surface area contributed by atoms with Crippen molar-refractivity contribution in [3.63, 3.8) is 0 Å². The highest BCUT2D eigenvalue weighted by molar-refractivity contribution is 7.10. The minimum Gasteiger partial charge on any atom is -0.149 e. The van der Waals surface area contributed by atoms with E-state index in [0.717, 1.165) is 11.8 Å². The van der Waals surface area contributed by atoms with Crippen LogP contribution in [0.15, 0.2) is 17.5 Å². The van der Waals surface area contributed by atoms with Crippen LogP contribution in [0, 0.1) is 5.92 Å². The molecular weight excluding hydrogens is 176 g/mol. The van der Waals surface area contributed by atoms with Gasteiger partial charge in [-0.15, -0.1) is 11.3 Å². The van der Waals surface area contributed by atoms with E-state index in [2.05, 4.69) is 24.4 Å². The van der Waals surface area contributed by atoms with Crippen molar-refractivity contribution in [1.29, 1.82) is 0 Å². The van der Waals surface area contributed by atoms with E-state index in [9.17, 15) is 0 Å². The van der Waals surface area contributed by atoms with Gasteiger partial charge in [-0.2, -0.15) is 0 Å². The van der Waals surface area contributed by atoms with Crippen LogP contribution in [-0.4, -0.2) is 0 Å². The Labute approximate surface area is 85.0 Å². The fourth-order valence-electron chi connectivity index (χ4n) is 2.42. The van der Waals surface area contributed by atoms with Crippen molar-refractivity contribution in [1.82, 2.24) is 0 Å². The van der Waals surface area contributed by atoms with Crippen LogP contribution < -0.4 is 0 Å².